The first-order valence-electron chi connectivity index (χ1n) is 6.19. The smallest absolute Gasteiger partial charge is 0.123 e. The first kappa shape index (κ1) is 12.1. The van der Waals surface area contributed by atoms with E-state index in [0.717, 1.165) is 17.7 Å². The van der Waals surface area contributed by atoms with Crippen molar-refractivity contribution in [3.8, 4) is 0 Å². The van der Waals surface area contributed by atoms with Crippen molar-refractivity contribution in [3.63, 3.8) is 0 Å². The summed E-state index contributed by atoms with van der Waals surface area (Å²) in [4.78, 5) is 4.00. The molecule has 1 aromatic carbocycles. The summed E-state index contributed by atoms with van der Waals surface area (Å²) in [6.45, 7) is 0.768. The van der Waals surface area contributed by atoms with Crippen LogP contribution in [-0.2, 0) is 0 Å². The fraction of sp³-hybridized carbons (Fsp3) is 0.214. The average molecular weight is 258 g/mol. The highest BCUT2D eigenvalue weighted by Gasteiger charge is 2.29. The largest absolute Gasteiger partial charge is 0.384 e. The number of pyridine rings is 1. The molecule has 2 aromatic rings. The van der Waals surface area contributed by atoms with Gasteiger partial charge in [-0.2, -0.15) is 0 Å². The molecule has 0 saturated carbocycles. The van der Waals surface area contributed by atoms with Gasteiger partial charge in [0.25, 0.3) is 0 Å². The van der Waals surface area contributed by atoms with Crippen LogP contribution in [0.3, 0.4) is 0 Å². The van der Waals surface area contributed by atoms with E-state index in [-0.39, 0.29) is 17.8 Å². The van der Waals surface area contributed by atoms with Crippen LogP contribution in [0.2, 0.25) is 0 Å². The Bertz CT molecular complexity index is 536. The highest BCUT2D eigenvalue weighted by molar-refractivity contribution is 5.37. The van der Waals surface area contributed by atoms with Gasteiger partial charge in [-0.05, 0) is 35.4 Å². The zero-order chi connectivity index (χ0) is 13.2. The molecule has 1 aliphatic rings. The van der Waals surface area contributed by atoms with E-state index in [0.29, 0.717) is 5.82 Å². The lowest BCUT2D eigenvalue weighted by molar-refractivity contribution is 0.546. The number of halogens is 1. The van der Waals surface area contributed by atoms with Gasteiger partial charge in [0, 0.05) is 18.7 Å². The predicted octanol–water partition coefficient (Wildman–Crippen LogP) is 1.74. The molecule has 1 aliphatic heterocycles. The molecule has 5 heteroatoms. The lowest BCUT2D eigenvalue weighted by Gasteiger charge is -2.19. The van der Waals surface area contributed by atoms with Gasteiger partial charge in [-0.3, -0.25) is 5.43 Å². The number of rotatable bonds is 2. The third kappa shape index (κ3) is 2.43. The molecule has 0 aliphatic carbocycles. The third-order valence-electron chi connectivity index (χ3n) is 3.42. The highest BCUT2D eigenvalue weighted by atomic mass is 19.1. The molecule has 0 amide bonds. The molecular formula is C14H15FN4. The van der Waals surface area contributed by atoms with Crippen molar-refractivity contribution in [1.29, 1.82) is 0 Å². The summed E-state index contributed by atoms with van der Waals surface area (Å²) in [6, 6.07) is 10.5. The Morgan fingerprint density at radius 3 is 2.89 bits per heavy atom. The van der Waals surface area contributed by atoms with Crippen LogP contribution in [0.5, 0.6) is 0 Å². The first-order chi connectivity index (χ1) is 9.24. The molecule has 1 fully saturated rings. The van der Waals surface area contributed by atoms with Crippen LogP contribution in [0.15, 0.2) is 42.6 Å². The Morgan fingerprint density at radius 2 is 2.11 bits per heavy atom. The maximum absolute atomic E-state index is 13.3. The van der Waals surface area contributed by atoms with Gasteiger partial charge < -0.3 is 5.73 Å². The number of aromatic nitrogens is 1. The first-order valence-corrected chi connectivity index (χ1v) is 6.19. The Labute approximate surface area is 110 Å². The van der Waals surface area contributed by atoms with Crippen molar-refractivity contribution in [2.45, 2.75) is 12.0 Å². The van der Waals surface area contributed by atoms with Gasteiger partial charge in [-0.25, -0.2) is 14.8 Å². The van der Waals surface area contributed by atoms with Crippen molar-refractivity contribution in [1.82, 2.24) is 15.8 Å². The van der Waals surface area contributed by atoms with Gasteiger partial charge in [0.2, 0.25) is 0 Å². The number of nitrogen functional groups attached to an aromatic ring is 1. The van der Waals surface area contributed by atoms with E-state index in [1.165, 1.54) is 6.07 Å². The molecule has 4 N–H and O–H groups in total. The fourth-order valence-electron chi connectivity index (χ4n) is 2.52. The number of anilines is 1. The number of hydrogen-bond donors (Lipinski definition) is 3. The molecule has 3 rings (SSSR count). The Morgan fingerprint density at radius 1 is 1.21 bits per heavy atom. The normalized spacial score (nSPS) is 22.6. The molecule has 19 heavy (non-hydrogen) atoms. The molecule has 0 bridgehead atoms. The quantitative estimate of drug-likeness (QED) is 0.767. The number of hydrazine groups is 1. The van der Waals surface area contributed by atoms with Gasteiger partial charge in [-0.15, -0.1) is 0 Å². The number of benzene rings is 1. The average Bonchev–Trinajstić information content (AvgIpc) is 2.88. The van der Waals surface area contributed by atoms with E-state index in [2.05, 4.69) is 15.8 Å². The molecule has 0 spiro atoms. The second-order valence-corrected chi connectivity index (χ2v) is 4.68. The molecule has 4 nitrogen and oxygen atoms in total. The fourth-order valence-corrected chi connectivity index (χ4v) is 2.52. The summed E-state index contributed by atoms with van der Waals surface area (Å²) in [5.74, 6) is 0.480. The van der Waals surface area contributed by atoms with Crippen LogP contribution < -0.4 is 16.6 Å². The lowest BCUT2D eigenvalue weighted by Crippen LogP contribution is -2.24. The summed E-state index contributed by atoms with van der Waals surface area (Å²) < 4.78 is 13.3. The van der Waals surface area contributed by atoms with Crippen molar-refractivity contribution in [2.24, 2.45) is 0 Å². The van der Waals surface area contributed by atoms with E-state index in [4.69, 9.17) is 5.73 Å². The number of nitrogens with zero attached hydrogens (tertiary/aromatic N) is 1. The summed E-state index contributed by atoms with van der Waals surface area (Å²) in [6.07, 6.45) is 1.70. The molecule has 1 aromatic heterocycles. The maximum Gasteiger partial charge on any atom is 0.123 e. The Hall–Kier alpha value is -1.98. The van der Waals surface area contributed by atoms with E-state index in [1.807, 2.05) is 18.2 Å². The van der Waals surface area contributed by atoms with Crippen molar-refractivity contribution in [3.05, 3.63) is 59.5 Å². The van der Waals surface area contributed by atoms with Crippen molar-refractivity contribution in [2.75, 3.05) is 12.3 Å². The van der Waals surface area contributed by atoms with Crippen molar-refractivity contribution >= 4 is 5.82 Å². The number of hydrogen-bond acceptors (Lipinski definition) is 4. The van der Waals surface area contributed by atoms with Gasteiger partial charge in [0.15, 0.2) is 0 Å². The minimum atomic E-state index is -0.223. The van der Waals surface area contributed by atoms with Crippen LogP contribution in [0.25, 0.3) is 0 Å². The van der Waals surface area contributed by atoms with Crippen LogP contribution in [0.1, 0.15) is 23.1 Å². The molecular weight excluding hydrogens is 243 g/mol. The molecule has 0 radical (unpaired) electrons. The number of nitrogens with one attached hydrogen (secondary N) is 2. The van der Waals surface area contributed by atoms with E-state index >= 15 is 0 Å². The predicted molar refractivity (Wildman–Crippen MR) is 71.7 cm³/mol. The maximum atomic E-state index is 13.3. The minimum absolute atomic E-state index is 0.0255. The molecule has 2 heterocycles. The zero-order valence-electron chi connectivity index (χ0n) is 10.3. The highest BCUT2D eigenvalue weighted by Crippen LogP contribution is 2.33. The minimum Gasteiger partial charge on any atom is -0.384 e. The van der Waals surface area contributed by atoms with E-state index < -0.39 is 0 Å². The standard InChI is InChI=1S/C14H15FN4/c15-11-3-1-2-10(6-11)14-12(8-18-19-14)9-4-5-17-13(16)7-9/h1-7,12,14,18-19H,8H2,(H2,16,17). The lowest BCUT2D eigenvalue weighted by atomic mass is 9.89. The third-order valence-corrected chi connectivity index (χ3v) is 3.42. The van der Waals surface area contributed by atoms with E-state index in [9.17, 15) is 4.39 Å². The second kappa shape index (κ2) is 4.95. The van der Waals surface area contributed by atoms with Gasteiger partial charge in [0.1, 0.15) is 11.6 Å². The van der Waals surface area contributed by atoms with Gasteiger partial charge in [0.05, 0.1) is 6.04 Å². The zero-order valence-corrected chi connectivity index (χ0v) is 10.3. The van der Waals surface area contributed by atoms with Gasteiger partial charge >= 0.3 is 0 Å². The summed E-state index contributed by atoms with van der Waals surface area (Å²) in [5.41, 5.74) is 14.1. The molecule has 2 atom stereocenters. The Kier molecular flexibility index (Phi) is 3.15. The second-order valence-electron chi connectivity index (χ2n) is 4.68. The van der Waals surface area contributed by atoms with Crippen LogP contribution in [0, 0.1) is 5.82 Å². The van der Waals surface area contributed by atoms with Crippen LogP contribution in [0.4, 0.5) is 10.2 Å². The monoisotopic (exact) mass is 258 g/mol. The Balaban J connectivity index is 1.93. The molecule has 2 unspecified atom stereocenters. The topological polar surface area (TPSA) is 63.0 Å². The van der Waals surface area contributed by atoms with E-state index in [1.54, 1.807) is 18.3 Å². The summed E-state index contributed by atoms with van der Waals surface area (Å²) >= 11 is 0. The van der Waals surface area contributed by atoms with Crippen LogP contribution in [-0.4, -0.2) is 11.5 Å². The van der Waals surface area contributed by atoms with Crippen molar-refractivity contribution < 1.29 is 4.39 Å². The molecule has 98 valence electrons. The summed E-state index contributed by atoms with van der Waals surface area (Å²) in [5, 5.41) is 0. The van der Waals surface area contributed by atoms with Crippen LogP contribution >= 0.6 is 0 Å². The molecule has 1 saturated heterocycles. The van der Waals surface area contributed by atoms with Gasteiger partial charge in [-0.1, -0.05) is 12.1 Å². The summed E-state index contributed by atoms with van der Waals surface area (Å²) in [7, 11) is 0. The SMILES string of the molecule is Nc1cc(C2CNNC2c2cccc(F)c2)ccn1. The number of nitrogens with two attached hydrogens (primary N) is 1.